The average molecular weight is 1880 g/mol. The van der Waals surface area contributed by atoms with E-state index in [1.165, 1.54) is 12.1 Å². The summed E-state index contributed by atoms with van der Waals surface area (Å²) in [5.41, 5.74) is 0.385. The minimum Gasteiger partial charge on any atom is -0.447 e. The summed E-state index contributed by atoms with van der Waals surface area (Å²) in [6.07, 6.45) is 23.0. The molecule has 2 aromatic rings. The van der Waals surface area contributed by atoms with Gasteiger partial charge in [-0.1, -0.05) is 103 Å². The fraction of sp³-hybridized carbons (Fsp3) is 0.841. The zero-order chi connectivity index (χ0) is 94.0. The van der Waals surface area contributed by atoms with Crippen LogP contribution in [0.3, 0.4) is 0 Å². The summed E-state index contributed by atoms with van der Waals surface area (Å²) >= 11 is 0. The topological polar surface area (TPSA) is 508 Å². The highest BCUT2D eigenvalue weighted by Gasteiger charge is 2.11. The van der Waals surface area contributed by atoms with Crippen LogP contribution in [0.4, 0.5) is 40.7 Å². The maximum atomic E-state index is 12.1. The van der Waals surface area contributed by atoms with E-state index in [2.05, 4.69) is 73.1 Å². The number of aromatic amines is 2. The lowest BCUT2D eigenvalue weighted by Gasteiger charge is -2.09. The first-order chi connectivity index (χ1) is 64.4. The van der Waals surface area contributed by atoms with Crippen molar-refractivity contribution >= 4 is 48.2 Å². The van der Waals surface area contributed by atoms with Crippen LogP contribution in [0.5, 0.6) is 0 Å². The quantitative estimate of drug-likeness (QED) is 0.0293. The van der Waals surface area contributed by atoms with Gasteiger partial charge in [0, 0.05) is 75.9 Å². The number of anilines is 2. The van der Waals surface area contributed by atoms with Crippen LogP contribution in [0.1, 0.15) is 165 Å². The summed E-state index contributed by atoms with van der Waals surface area (Å²) in [5, 5.41) is 27.7. The zero-order valence-electron chi connectivity index (χ0n) is 78.8. The van der Waals surface area contributed by atoms with Crippen LogP contribution in [0, 0.1) is 13.8 Å². The molecular weight excluding hydrogens is 1720 g/mol. The van der Waals surface area contributed by atoms with Gasteiger partial charge in [0.1, 0.15) is 13.2 Å². The number of carbonyl (C=O) groups is 6. The second-order valence-corrected chi connectivity index (χ2v) is 29.8. The fourth-order valence-electron chi connectivity index (χ4n) is 11.7. The molecule has 2 rings (SSSR count). The molecule has 2 aromatic heterocycles. The van der Waals surface area contributed by atoms with E-state index in [-0.39, 0.29) is 61.5 Å². The second-order valence-electron chi connectivity index (χ2n) is 29.8. The van der Waals surface area contributed by atoms with Gasteiger partial charge in [-0.3, -0.25) is 30.2 Å². The first kappa shape index (κ1) is 120. The Morgan fingerprint density at radius 1 is 0.214 bits per heavy atom. The summed E-state index contributed by atoms with van der Waals surface area (Å²) in [6.45, 7) is 25.1. The molecule has 0 bridgehead atoms. The minimum atomic E-state index is -0.445. The number of urea groups is 4. The van der Waals surface area contributed by atoms with Gasteiger partial charge in [0.15, 0.2) is 0 Å². The highest BCUT2D eigenvalue weighted by atomic mass is 16.6. The first-order valence-electron chi connectivity index (χ1n) is 47.5. The summed E-state index contributed by atoms with van der Waals surface area (Å²) in [6, 6.07) is 1.55. The Morgan fingerprint density at radius 3 is 0.527 bits per heavy atom. The van der Waals surface area contributed by atoms with Crippen molar-refractivity contribution in [3.8, 4) is 0 Å². The molecular formula is C88H164N14O29. The Labute approximate surface area is 775 Å². The van der Waals surface area contributed by atoms with Gasteiger partial charge >= 0.3 is 36.3 Å². The maximum absolute atomic E-state index is 12.1. The lowest BCUT2D eigenvalue weighted by Crippen LogP contribution is -2.36. The molecule has 2 heterocycles. The number of H-pyrrole nitrogens is 2. The van der Waals surface area contributed by atoms with Gasteiger partial charge in [-0.05, 0) is 65.2 Å². The summed E-state index contributed by atoms with van der Waals surface area (Å²) in [4.78, 5) is 108. The minimum absolute atomic E-state index is 0.112. The maximum Gasteiger partial charge on any atom is 0.407 e. The molecule has 0 saturated heterocycles. The summed E-state index contributed by atoms with van der Waals surface area (Å²) < 4.78 is 116. The number of hydrogen-bond donors (Lipinski definition) is 12. The van der Waals surface area contributed by atoms with Crippen molar-refractivity contribution in [3.05, 3.63) is 44.2 Å². The van der Waals surface area contributed by atoms with E-state index in [1.807, 2.05) is 0 Å². The molecule has 0 saturated carbocycles. The number of aromatic nitrogens is 4. The number of hydrogen-bond acceptors (Lipinski definition) is 31. The van der Waals surface area contributed by atoms with Gasteiger partial charge in [-0.15, -0.1) is 0 Å². The lowest BCUT2D eigenvalue weighted by molar-refractivity contribution is -0.0314. The van der Waals surface area contributed by atoms with Gasteiger partial charge in [-0.25, -0.2) is 38.7 Å². The Bertz CT molecular complexity index is 2880. The third-order valence-corrected chi connectivity index (χ3v) is 18.5. The van der Waals surface area contributed by atoms with Crippen molar-refractivity contribution in [1.82, 2.24) is 62.5 Å². The van der Waals surface area contributed by atoms with E-state index < -0.39 is 24.2 Å². The Kier molecular flexibility index (Phi) is 87.5. The summed E-state index contributed by atoms with van der Waals surface area (Å²) in [7, 11) is 0. The van der Waals surface area contributed by atoms with Crippen molar-refractivity contribution < 1.29 is 128 Å². The molecule has 10 amide bonds. The molecule has 0 unspecified atom stereocenters. The number of ether oxygens (including phenoxy) is 21. The molecule has 131 heavy (non-hydrogen) atoms. The van der Waals surface area contributed by atoms with Crippen molar-refractivity contribution in [2.24, 2.45) is 0 Å². The number of carbonyl (C=O) groups excluding carboxylic acids is 6. The second kappa shape index (κ2) is 95.8. The number of nitrogens with one attached hydrogen (secondary N) is 12. The van der Waals surface area contributed by atoms with Crippen LogP contribution in [-0.2, 0) is 99.5 Å². The summed E-state index contributed by atoms with van der Waals surface area (Å²) in [5.74, 6) is 0.225. The van der Waals surface area contributed by atoms with E-state index in [1.54, 1.807) is 13.8 Å². The van der Waals surface area contributed by atoms with E-state index in [0.29, 0.717) is 302 Å². The normalized spacial score (nSPS) is 11.3. The fourth-order valence-corrected chi connectivity index (χ4v) is 11.7. The number of alkyl carbamates (subject to hydrolysis) is 2. The van der Waals surface area contributed by atoms with Crippen LogP contribution < -0.4 is 64.3 Å². The van der Waals surface area contributed by atoms with Crippen molar-refractivity contribution in [2.75, 3.05) is 327 Å². The molecule has 0 spiro atoms. The molecule has 43 nitrogen and oxygen atoms in total. The standard InChI is InChI=1S/C88H164N14O29/c1-77-75-79(103)99-81(97-77)101-85(107)93-31-23-17-15-21-29-91-83(105)89-27-19-11-7-3-5-9-13-25-33-95-87(109)130-73-71-128-69-67-126-65-63-124-61-59-122-57-55-120-53-51-118-49-47-116-45-43-114-41-39-112-37-35-111-36-38-113-40-42-115-44-46-117-48-50-119-52-54-121-56-58-123-60-62-125-64-66-127-68-70-129-72-74-131-88(110)96-34-26-14-10-6-4-8-12-20-28-90-84(106)92-30-22-16-18-24-32-94-86(108)102-82-98-78(2)76-80(104)100-82/h75-76H,3-74H2,1-2H3,(H,95,109)(H,96,110)(H2,89,91,105)(H2,90,92,106)(H3,93,97,99,101,103,107)(H3,94,98,100,102,104,108). The van der Waals surface area contributed by atoms with Crippen LogP contribution in [0.2, 0.25) is 0 Å². The molecule has 0 fully saturated rings. The highest BCUT2D eigenvalue weighted by molar-refractivity contribution is 5.87. The smallest absolute Gasteiger partial charge is 0.407 e. The SMILES string of the molecule is Cc1cc(=O)[nH]c(NC(=O)NCCCCCCNC(=O)NCCCCCCCCCCNC(=O)OCCOCCOCCOCCOCCOCCOCCOCCOCCOCCOCCOCCOCCOCCOCCOCCOCCOCCOCCOCCOC(=O)NCCCCCCCCCCNC(=O)NCCCCCCNC(=O)Nc2nc(C)cc(=O)[nH]2)n1. The molecule has 12 N–H and O–H groups in total. The van der Waals surface area contributed by atoms with Crippen molar-refractivity contribution in [1.29, 1.82) is 0 Å². The Balaban J connectivity index is 1.11. The molecule has 43 heteroatoms. The van der Waals surface area contributed by atoms with Crippen LogP contribution in [0.15, 0.2) is 21.7 Å². The average Bonchev–Trinajstić information content (AvgIpc) is 0.889. The van der Waals surface area contributed by atoms with E-state index >= 15 is 0 Å². The van der Waals surface area contributed by atoms with Gasteiger partial charge < -0.3 is 142 Å². The van der Waals surface area contributed by atoms with Gasteiger partial charge in [-0.2, -0.15) is 0 Å². The number of amides is 10. The predicted molar refractivity (Wildman–Crippen MR) is 491 cm³/mol. The monoisotopic (exact) mass is 1880 g/mol. The Morgan fingerprint density at radius 2 is 0.359 bits per heavy atom. The van der Waals surface area contributed by atoms with E-state index in [4.69, 9.17) is 99.5 Å². The van der Waals surface area contributed by atoms with Crippen LogP contribution in [-0.4, -0.2) is 373 Å². The van der Waals surface area contributed by atoms with Crippen LogP contribution >= 0.6 is 0 Å². The van der Waals surface area contributed by atoms with E-state index in [9.17, 15) is 38.4 Å². The number of unbranched alkanes of at least 4 members (excludes halogenated alkanes) is 20. The van der Waals surface area contributed by atoms with Gasteiger partial charge in [0.2, 0.25) is 11.9 Å². The molecule has 0 aliphatic carbocycles. The molecule has 0 atom stereocenters. The lowest BCUT2D eigenvalue weighted by atomic mass is 10.1. The molecule has 0 aliphatic rings. The zero-order valence-corrected chi connectivity index (χ0v) is 78.8. The predicted octanol–water partition coefficient (Wildman–Crippen LogP) is 7.14. The van der Waals surface area contributed by atoms with Crippen molar-refractivity contribution in [2.45, 2.75) is 168 Å². The van der Waals surface area contributed by atoms with Gasteiger partial charge in [0.25, 0.3) is 11.1 Å². The Hall–Kier alpha value is -7.38. The first-order valence-corrected chi connectivity index (χ1v) is 47.5. The number of rotatable bonds is 98. The number of aryl methyl sites for hydroxylation is 2. The molecule has 0 aromatic carbocycles. The molecule has 760 valence electrons. The van der Waals surface area contributed by atoms with Crippen molar-refractivity contribution in [3.63, 3.8) is 0 Å². The largest absolute Gasteiger partial charge is 0.447 e. The highest BCUT2D eigenvalue weighted by Crippen LogP contribution is 2.11. The number of nitrogens with zero attached hydrogens (tertiary/aromatic N) is 2. The van der Waals surface area contributed by atoms with Gasteiger partial charge in [0.05, 0.1) is 251 Å². The third-order valence-electron chi connectivity index (χ3n) is 18.5. The molecule has 0 aliphatic heterocycles. The molecule has 0 radical (unpaired) electrons. The van der Waals surface area contributed by atoms with E-state index in [0.717, 1.165) is 154 Å². The van der Waals surface area contributed by atoms with Crippen LogP contribution in [0.25, 0.3) is 0 Å². The third kappa shape index (κ3) is 90.2.